The van der Waals surface area contributed by atoms with Crippen molar-refractivity contribution in [2.24, 2.45) is 0 Å². The third kappa shape index (κ3) is 6.81. The predicted octanol–water partition coefficient (Wildman–Crippen LogP) is 4.52. The molecule has 0 unspecified atom stereocenters. The maximum absolute atomic E-state index is 11.1. The molecule has 3 rings (SSSR count). The van der Waals surface area contributed by atoms with Crippen LogP contribution in [0.15, 0.2) is 90.2 Å². The summed E-state index contributed by atoms with van der Waals surface area (Å²) in [7, 11) is 0. The Labute approximate surface area is 149 Å². The molecular weight excluding hydrogens is 324 g/mol. The molecule has 0 radical (unpaired) electrons. The predicted molar refractivity (Wildman–Crippen MR) is 91.5 cm³/mol. The van der Waals surface area contributed by atoms with E-state index in [-0.39, 0.29) is 22.8 Å². The van der Waals surface area contributed by atoms with Gasteiger partial charge in [0.1, 0.15) is 0 Å². The summed E-state index contributed by atoms with van der Waals surface area (Å²) in [5.74, 6) is 0.257. The van der Waals surface area contributed by atoms with Gasteiger partial charge < -0.3 is 5.11 Å². The van der Waals surface area contributed by atoms with Gasteiger partial charge in [-0.1, -0.05) is 68.0 Å². The SMILES string of the molecule is CCCC([O-])=C1C=CC=C1.[Fe+2].c1ccc(Cc2ccc[cH-]2)cc1. The summed E-state index contributed by atoms with van der Waals surface area (Å²) in [4.78, 5) is 0. The summed E-state index contributed by atoms with van der Waals surface area (Å²) in [5.41, 5.74) is 3.62. The van der Waals surface area contributed by atoms with E-state index in [0.717, 1.165) is 18.4 Å². The molecule has 0 heterocycles. The Bertz CT molecular complexity index is 620. The fourth-order valence-corrected chi connectivity index (χ4v) is 2.29. The van der Waals surface area contributed by atoms with Gasteiger partial charge >= 0.3 is 17.1 Å². The minimum absolute atomic E-state index is 0. The maximum atomic E-state index is 11.1. The van der Waals surface area contributed by atoms with E-state index in [4.69, 9.17) is 0 Å². The quantitative estimate of drug-likeness (QED) is 0.453. The van der Waals surface area contributed by atoms with Crippen LogP contribution in [0.3, 0.4) is 0 Å². The second-order valence-electron chi connectivity index (χ2n) is 5.30. The standard InChI is InChI=1S/C12H11.C9H12O.Fe/c1-2-6-11(7-3-1)10-12-8-4-5-9-12;1-2-5-9(10)8-6-3-4-7-8;/h1-9H,10H2;3-4,6-7,10H,2,5H2,1H3;/q-1;;+2/p-1. The molecule has 2 heteroatoms. The van der Waals surface area contributed by atoms with E-state index < -0.39 is 0 Å². The van der Waals surface area contributed by atoms with E-state index in [1.54, 1.807) is 0 Å². The van der Waals surface area contributed by atoms with Gasteiger partial charge in [-0.25, -0.2) is 12.1 Å². The molecule has 0 aliphatic heterocycles. The average Bonchev–Trinajstić information content (AvgIpc) is 3.23. The normalized spacial score (nSPS) is 11.6. The molecule has 0 amide bonds. The first-order chi connectivity index (χ1) is 10.8. The molecule has 0 bridgehead atoms. The van der Waals surface area contributed by atoms with Gasteiger partial charge in [-0.3, -0.25) is 0 Å². The Morgan fingerprint density at radius 3 is 2.26 bits per heavy atom. The van der Waals surface area contributed by atoms with E-state index in [0.29, 0.717) is 6.42 Å². The molecule has 2 aromatic carbocycles. The van der Waals surface area contributed by atoms with Crippen LogP contribution in [0.5, 0.6) is 0 Å². The van der Waals surface area contributed by atoms with Crippen LogP contribution >= 0.6 is 0 Å². The van der Waals surface area contributed by atoms with Crippen molar-refractivity contribution in [1.29, 1.82) is 0 Å². The minimum atomic E-state index is 0. The number of allylic oxidation sites excluding steroid dienone is 6. The van der Waals surface area contributed by atoms with Crippen molar-refractivity contribution in [3.8, 4) is 0 Å². The van der Waals surface area contributed by atoms with Crippen LogP contribution in [0, 0.1) is 0 Å². The molecule has 120 valence electrons. The van der Waals surface area contributed by atoms with Gasteiger partial charge in [0.05, 0.1) is 0 Å². The Morgan fingerprint density at radius 2 is 1.70 bits per heavy atom. The Morgan fingerprint density at radius 1 is 1.00 bits per heavy atom. The molecule has 0 aromatic heterocycles. The monoisotopic (exact) mass is 346 g/mol. The fraction of sp³-hybridized carbons (Fsp3) is 0.190. The van der Waals surface area contributed by atoms with Crippen LogP contribution in [0.1, 0.15) is 30.9 Å². The summed E-state index contributed by atoms with van der Waals surface area (Å²) in [5, 5.41) is 11.1. The van der Waals surface area contributed by atoms with Crippen molar-refractivity contribution in [2.45, 2.75) is 26.2 Å². The van der Waals surface area contributed by atoms with Gasteiger partial charge in [-0.05, 0) is 24.0 Å². The molecule has 0 N–H and O–H groups in total. The van der Waals surface area contributed by atoms with E-state index in [2.05, 4.69) is 54.6 Å². The zero-order valence-corrected chi connectivity index (χ0v) is 14.5. The summed E-state index contributed by atoms with van der Waals surface area (Å²) in [6.07, 6.45) is 10.2. The second-order valence-corrected chi connectivity index (χ2v) is 5.30. The van der Waals surface area contributed by atoms with Crippen LogP contribution in [0.4, 0.5) is 0 Å². The summed E-state index contributed by atoms with van der Waals surface area (Å²) < 4.78 is 0. The third-order valence-electron chi connectivity index (χ3n) is 3.44. The zero-order chi connectivity index (χ0) is 15.6. The molecule has 0 fully saturated rings. The molecule has 1 aliphatic carbocycles. The summed E-state index contributed by atoms with van der Waals surface area (Å²) >= 11 is 0. The first-order valence-electron chi connectivity index (χ1n) is 7.79. The number of hydrogen-bond donors (Lipinski definition) is 0. The second kappa shape index (κ2) is 10.8. The fourth-order valence-electron chi connectivity index (χ4n) is 2.29. The summed E-state index contributed by atoms with van der Waals surface area (Å²) in [6.45, 7) is 2.01. The zero-order valence-electron chi connectivity index (χ0n) is 13.4. The molecule has 23 heavy (non-hydrogen) atoms. The van der Waals surface area contributed by atoms with Gasteiger partial charge in [-0.2, -0.15) is 17.7 Å². The van der Waals surface area contributed by atoms with Crippen molar-refractivity contribution in [2.75, 3.05) is 0 Å². The number of benzene rings is 1. The van der Waals surface area contributed by atoms with Crippen molar-refractivity contribution in [3.63, 3.8) is 0 Å². The van der Waals surface area contributed by atoms with Crippen LogP contribution in [-0.2, 0) is 23.5 Å². The van der Waals surface area contributed by atoms with Crippen molar-refractivity contribution < 1.29 is 22.2 Å². The molecule has 0 atom stereocenters. The first kappa shape index (κ1) is 19.2. The Kier molecular flexibility index (Phi) is 8.97. The van der Waals surface area contributed by atoms with Gasteiger partial charge in [0, 0.05) is 0 Å². The molecule has 1 aliphatic rings. The number of rotatable bonds is 4. The average molecular weight is 346 g/mol. The molecule has 2 aromatic rings. The molecule has 0 spiro atoms. The summed E-state index contributed by atoms with van der Waals surface area (Å²) in [6, 6.07) is 19.0. The van der Waals surface area contributed by atoms with Crippen LogP contribution in [0.2, 0.25) is 0 Å². The van der Waals surface area contributed by atoms with Crippen molar-refractivity contribution >= 4 is 0 Å². The largest absolute Gasteiger partial charge is 2.00 e. The van der Waals surface area contributed by atoms with E-state index >= 15 is 0 Å². The van der Waals surface area contributed by atoms with Crippen molar-refractivity contribution in [3.05, 3.63) is 101 Å². The van der Waals surface area contributed by atoms with Crippen LogP contribution in [-0.4, -0.2) is 0 Å². The van der Waals surface area contributed by atoms with E-state index in [1.165, 1.54) is 11.1 Å². The van der Waals surface area contributed by atoms with E-state index in [1.807, 2.05) is 31.2 Å². The Hall–Kier alpha value is -1.89. The van der Waals surface area contributed by atoms with Gasteiger partial charge in [-0.15, -0.1) is 5.76 Å². The maximum Gasteiger partial charge on any atom is 2.00 e. The Balaban J connectivity index is 0.000000224. The smallest absolute Gasteiger partial charge is 0.875 e. The van der Waals surface area contributed by atoms with Gasteiger partial charge in [0.15, 0.2) is 0 Å². The van der Waals surface area contributed by atoms with Gasteiger partial charge in [0.25, 0.3) is 0 Å². The molecule has 0 saturated carbocycles. The van der Waals surface area contributed by atoms with E-state index in [9.17, 15) is 5.11 Å². The number of hydrogen-bond acceptors (Lipinski definition) is 1. The third-order valence-corrected chi connectivity index (χ3v) is 3.44. The first-order valence-corrected chi connectivity index (χ1v) is 7.79. The minimum Gasteiger partial charge on any atom is -0.875 e. The molecule has 0 saturated heterocycles. The van der Waals surface area contributed by atoms with Crippen LogP contribution < -0.4 is 5.11 Å². The van der Waals surface area contributed by atoms with Crippen LogP contribution in [0.25, 0.3) is 0 Å². The van der Waals surface area contributed by atoms with Crippen molar-refractivity contribution in [1.82, 2.24) is 0 Å². The molecular formula is C21H22FeO. The topological polar surface area (TPSA) is 23.1 Å². The van der Waals surface area contributed by atoms with Gasteiger partial charge in [0.2, 0.25) is 0 Å². The molecule has 1 nitrogen and oxygen atoms in total.